The van der Waals surface area contributed by atoms with Crippen molar-refractivity contribution in [2.45, 2.75) is 50.2 Å². The highest BCUT2D eigenvalue weighted by Crippen LogP contribution is 2.18. The summed E-state index contributed by atoms with van der Waals surface area (Å²) >= 11 is 0. The third-order valence-corrected chi connectivity index (χ3v) is 8.60. The largest absolute Gasteiger partial charge is 0.350 e. The number of aryl methyl sites for hydroxylation is 1. The Morgan fingerprint density at radius 1 is 0.767 bits per heavy atom. The van der Waals surface area contributed by atoms with Gasteiger partial charge >= 0.3 is 0 Å². The van der Waals surface area contributed by atoms with E-state index in [1.54, 1.807) is 36.1 Å². The lowest BCUT2D eigenvalue weighted by Crippen LogP contribution is -2.50. The minimum absolute atomic E-state index is 0.0950. The number of halogens is 1. The van der Waals surface area contributed by atoms with Crippen LogP contribution in [0.1, 0.15) is 35.6 Å². The molecule has 1 atom stereocenters. The smallest absolute Gasteiger partial charge is 0.243 e. The zero-order valence-electron chi connectivity index (χ0n) is 24.1. The lowest BCUT2D eigenvalue weighted by atomic mass is 10.0. The van der Waals surface area contributed by atoms with Gasteiger partial charge in [0.05, 0.1) is 4.90 Å². The average molecular weight is 602 g/mol. The van der Waals surface area contributed by atoms with Crippen molar-refractivity contribution in [2.75, 3.05) is 6.54 Å². The van der Waals surface area contributed by atoms with E-state index in [1.807, 2.05) is 60.7 Å². The molecule has 0 heterocycles. The van der Waals surface area contributed by atoms with Crippen LogP contribution in [0.15, 0.2) is 114 Å². The Labute approximate surface area is 252 Å². The molecule has 0 saturated carbocycles. The summed E-state index contributed by atoms with van der Waals surface area (Å²) in [4.78, 5) is 29.3. The number of carbonyl (C=O) groups is 2. The molecule has 0 aliphatic carbocycles. The van der Waals surface area contributed by atoms with Crippen LogP contribution in [0.25, 0.3) is 0 Å². The maximum absolute atomic E-state index is 13.9. The second kappa shape index (κ2) is 15.2. The molecule has 4 aromatic rings. The molecular weight excluding hydrogens is 565 g/mol. The molecule has 4 rings (SSSR count). The van der Waals surface area contributed by atoms with Crippen LogP contribution in [0.2, 0.25) is 0 Å². The quantitative estimate of drug-likeness (QED) is 0.212. The molecule has 4 aromatic carbocycles. The van der Waals surface area contributed by atoms with Gasteiger partial charge in [-0.05, 0) is 52.9 Å². The fraction of sp³-hybridized carbons (Fsp3) is 0.235. The Balaban J connectivity index is 1.58. The Bertz CT molecular complexity index is 1580. The highest BCUT2D eigenvalue weighted by Gasteiger charge is 2.30. The summed E-state index contributed by atoms with van der Waals surface area (Å²) in [6.45, 7) is 2.43. The molecule has 43 heavy (non-hydrogen) atoms. The van der Waals surface area contributed by atoms with E-state index >= 15 is 0 Å². The summed E-state index contributed by atoms with van der Waals surface area (Å²) in [6.07, 6.45) is 0.743. The molecule has 224 valence electrons. The van der Waals surface area contributed by atoms with Crippen LogP contribution in [-0.4, -0.2) is 37.7 Å². The molecule has 0 saturated heterocycles. The number of rotatable bonds is 14. The SMILES string of the molecule is CCNS(=O)(=O)c1ccc(CCC(=O)N(Cc2ccc(F)cc2)[C@H](Cc2ccccc2)C(=O)NCc2ccccc2)cc1. The first kappa shape index (κ1) is 31.6. The third-order valence-electron chi connectivity index (χ3n) is 7.04. The van der Waals surface area contributed by atoms with E-state index in [-0.39, 0.29) is 42.0 Å². The van der Waals surface area contributed by atoms with Gasteiger partial charge in [-0.15, -0.1) is 0 Å². The summed E-state index contributed by atoms with van der Waals surface area (Å²) in [5, 5.41) is 3.00. The van der Waals surface area contributed by atoms with Gasteiger partial charge in [0, 0.05) is 32.5 Å². The van der Waals surface area contributed by atoms with E-state index in [9.17, 15) is 22.4 Å². The van der Waals surface area contributed by atoms with Gasteiger partial charge in [-0.25, -0.2) is 17.5 Å². The maximum atomic E-state index is 13.9. The van der Waals surface area contributed by atoms with Crippen LogP contribution in [0.4, 0.5) is 4.39 Å². The lowest BCUT2D eigenvalue weighted by Gasteiger charge is -2.32. The van der Waals surface area contributed by atoms with Gasteiger partial charge in [0.15, 0.2) is 0 Å². The van der Waals surface area contributed by atoms with E-state index in [2.05, 4.69) is 10.0 Å². The summed E-state index contributed by atoms with van der Waals surface area (Å²) in [7, 11) is -3.58. The van der Waals surface area contributed by atoms with Crippen molar-refractivity contribution in [1.29, 1.82) is 0 Å². The molecule has 0 aliphatic rings. The molecule has 0 spiro atoms. The fourth-order valence-corrected chi connectivity index (χ4v) is 5.79. The van der Waals surface area contributed by atoms with Crippen LogP contribution in [-0.2, 0) is 45.5 Å². The first-order chi connectivity index (χ1) is 20.7. The monoisotopic (exact) mass is 601 g/mol. The predicted molar refractivity (Wildman–Crippen MR) is 165 cm³/mol. The number of sulfonamides is 1. The molecule has 7 nitrogen and oxygen atoms in total. The van der Waals surface area contributed by atoms with Crippen molar-refractivity contribution in [3.8, 4) is 0 Å². The van der Waals surface area contributed by atoms with Gasteiger partial charge in [-0.3, -0.25) is 9.59 Å². The van der Waals surface area contributed by atoms with Crippen LogP contribution in [0.3, 0.4) is 0 Å². The predicted octanol–water partition coefficient (Wildman–Crippen LogP) is 5.01. The zero-order valence-corrected chi connectivity index (χ0v) is 24.9. The Morgan fingerprint density at radius 2 is 1.35 bits per heavy atom. The lowest BCUT2D eigenvalue weighted by molar-refractivity contribution is -0.141. The standard InChI is InChI=1S/C34H36FN3O4S/c1-2-37-43(41,42)31-20-15-26(16-21-31)17-22-33(39)38(25-29-13-18-30(35)19-14-29)32(23-27-9-5-3-6-10-27)34(40)36-24-28-11-7-4-8-12-28/h3-16,18-21,32,37H,2,17,22-25H2,1H3,(H,36,40)/t32-/m1/s1. The van der Waals surface area contributed by atoms with Gasteiger partial charge in [0.25, 0.3) is 0 Å². The average Bonchev–Trinajstić information content (AvgIpc) is 3.02. The second-order valence-corrected chi connectivity index (χ2v) is 12.0. The van der Waals surface area contributed by atoms with E-state index in [1.165, 1.54) is 24.3 Å². The highest BCUT2D eigenvalue weighted by atomic mass is 32.2. The van der Waals surface area contributed by atoms with Gasteiger partial charge in [0.2, 0.25) is 21.8 Å². The summed E-state index contributed by atoms with van der Waals surface area (Å²) < 4.78 is 40.7. The Hall–Kier alpha value is -4.34. The minimum Gasteiger partial charge on any atom is -0.350 e. The van der Waals surface area contributed by atoms with E-state index in [4.69, 9.17) is 0 Å². The molecular formula is C34H36FN3O4S. The highest BCUT2D eigenvalue weighted by molar-refractivity contribution is 7.89. The molecule has 0 aliphatic heterocycles. The van der Waals surface area contributed by atoms with Gasteiger partial charge in [-0.1, -0.05) is 91.9 Å². The number of hydrogen-bond acceptors (Lipinski definition) is 4. The number of amides is 2. The normalized spacial score (nSPS) is 12.0. The number of nitrogens with zero attached hydrogens (tertiary/aromatic N) is 1. The van der Waals surface area contributed by atoms with Crippen LogP contribution >= 0.6 is 0 Å². The number of hydrogen-bond donors (Lipinski definition) is 2. The molecule has 2 N–H and O–H groups in total. The van der Waals surface area contributed by atoms with Crippen LogP contribution < -0.4 is 10.0 Å². The van der Waals surface area contributed by atoms with Gasteiger partial charge in [-0.2, -0.15) is 0 Å². The maximum Gasteiger partial charge on any atom is 0.243 e. The topological polar surface area (TPSA) is 95.6 Å². The van der Waals surface area contributed by atoms with E-state index in [0.717, 1.165) is 16.7 Å². The Morgan fingerprint density at radius 3 is 1.95 bits per heavy atom. The van der Waals surface area contributed by atoms with Crippen molar-refractivity contribution in [1.82, 2.24) is 14.9 Å². The zero-order chi connectivity index (χ0) is 30.7. The first-order valence-corrected chi connectivity index (χ1v) is 15.7. The van der Waals surface area contributed by atoms with Crippen LogP contribution in [0.5, 0.6) is 0 Å². The first-order valence-electron chi connectivity index (χ1n) is 14.2. The molecule has 0 unspecified atom stereocenters. The molecule has 9 heteroatoms. The summed E-state index contributed by atoms with van der Waals surface area (Å²) in [6, 6.07) is 30.5. The van der Waals surface area contributed by atoms with Gasteiger partial charge in [0.1, 0.15) is 11.9 Å². The second-order valence-electron chi connectivity index (χ2n) is 10.2. The van der Waals surface area contributed by atoms with Gasteiger partial charge < -0.3 is 10.2 Å². The number of nitrogens with one attached hydrogen (secondary N) is 2. The van der Waals surface area contributed by atoms with Crippen molar-refractivity contribution in [3.63, 3.8) is 0 Å². The number of carbonyl (C=O) groups excluding carboxylic acids is 2. The molecule has 0 bridgehead atoms. The Kier molecular flexibility index (Phi) is 11.2. The van der Waals surface area contributed by atoms with Crippen molar-refractivity contribution < 1.29 is 22.4 Å². The van der Waals surface area contributed by atoms with Crippen molar-refractivity contribution in [3.05, 3.63) is 137 Å². The molecule has 2 amide bonds. The number of benzene rings is 4. The molecule has 0 fully saturated rings. The molecule has 0 aromatic heterocycles. The summed E-state index contributed by atoms with van der Waals surface area (Å²) in [5.74, 6) is -0.923. The minimum atomic E-state index is -3.58. The summed E-state index contributed by atoms with van der Waals surface area (Å²) in [5.41, 5.74) is 3.32. The fourth-order valence-electron chi connectivity index (χ4n) is 4.75. The van der Waals surface area contributed by atoms with Crippen molar-refractivity contribution >= 4 is 21.8 Å². The van der Waals surface area contributed by atoms with E-state index < -0.39 is 16.1 Å². The van der Waals surface area contributed by atoms with Crippen molar-refractivity contribution in [2.24, 2.45) is 0 Å². The molecule has 0 radical (unpaired) electrons. The van der Waals surface area contributed by atoms with Crippen LogP contribution in [0, 0.1) is 5.82 Å². The van der Waals surface area contributed by atoms with E-state index in [0.29, 0.717) is 24.9 Å². The third kappa shape index (κ3) is 9.33.